The molecule has 2 heterocycles. The molecule has 1 aliphatic heterocycles. The first-order valence-electron chi connectivity index (χ1n) is 11.6. The van der Waals surface area contributed by atoms with Gasteiger partial charge in [-0.15, -0.1) is 5.10 Å². The normalized spacial score (nSPS) is 17.3. The first-order chi connectivity index (χ1) is 17.0. The molecule has 1 atom stereocenters. The second-order valence-corrected chi connectivity index (χ2v) is 13.4. The van der Waals surface area contributed by atoms with Gasteiger partial charge in [0, 0.05) is 23.7 Å². The van der Waals surface area contributed by atoms with Crippen LogP contribution >= 0.6 is 0 Å². The number of carbonyl (C=O) groups is 1. The third-order valence-electron chi connectivity index (χ3n) is 6.16. The van der Waals surface area contributed by atoms with Gasteiger partial charge in [-0.2, -0.15) is 4.31 Å². The number of benzene rings is 2. The van der Waals surface area contributed by atoms with Crippen molar-refractivity contribution in [2.75, 3.05) is 11.9 Å². The molecule has 1 N–H and O–H groups in total. The van der Waals surface area contributed by atoms with Crippen molar-refractivity contribution in [1.82, 2.24) is 14.5 Å². The van der Waals surface area contributed by atoms with Gasteiger partial charge in [0.15, 0.2) is 9.84 Å². The third kappa shape index (κ3) is 5.20. The van der Waals surface area contributed by atoms with Gasteiger partial charge >= 0.3 is 6.01 Å². The summed E-state index contributed by atoms with van der Waals surface area (Å²) >= 11 is 0. The highest BCUT2D eigenvalue weighted by molar-refractivity contribution is 7.92. The molecular weight excluding hydrogens is 504 g/mol. The van der Waals surface area contributed by atoms with E-state index in [1.165, 1.54) is 40.7 Å². The van der Waals surface area contributed by atoms with Crippen molar-refractivity contribution in [3.63, 3.8) is 0 Å². The zero-order chi connectivity index (χ0) is 26.1. The van der Waals surface area contributed by atoms with Crippen LogP contribution in [-0.2, 0) is 19.9 Å². The number of sulfonamides is 1. The summed E-state index contributed by atoms with van der Waals surface area (Å²) in [5, 5.41) is 9.66. The Bertz CT molecular complexity index is 1450. The third-order valence-corrected chi connectivity index (χ3v) is 10.4. The van der Waals surface area contributed by atoms with Gasteiger partial charge < -0.3 is 4.42 Å². The molecule has 4 rings (SSSR count). The van der Waals surface area contributed by atoms with Crippen LogP contribution in [0.2, 0.25) is 0 Å². The zero-order valence-corrected chi connectivity index (χ0v) is 21.8. The topological polar surface area (TPSA) is 140 Å². The molecule has 0 radical (unpaired) electrons. The summed E-state index contributed by atoms with van der Waals surface area (Å²) in [6, 6.07) is 11.5. The van der Waals surface area contributed by atoms with Crippen molar-refractivity contribution in [3.05, 3.63) is 54.1 Å². The molecule has 0 bridgehead atoms. The van der Waals surface area contributed by atoms with E-state index in [0.717, 1.165) is 19.3 Å². The predicted molar refractivity (Wildman–Crippen MR) is 134 cm³/mol. The van der Waals surface area contributed by atoms with E-state index >= 15 is 0 Å². The zero-order valence-electron chi connectivity index (χ0n) is 20.2. The second-order valence-electron chi connectivity index (χ2n) is 8.97. The van der Waals surface area contributed by atoms with E-state index in [2.05, 4.69) is 15.5 Å². The largest absolute Gasteiger partial charge is 0.403 e. The van der Waals surface area contributed by atoms with Crippen LogP contribution in [0.4, 0.5) is 6.01 Å². The van der Waals surface area contributed by atoms with E-state index in [1.54, 1.807) is 26.0 Å². The van der Waals surface area contributed by atoms with Gasteiger partial charge in [-0.25, -0.2) is 16.8 Å². The number of hydrogen-bond acceptors (Lipinski definition) is 8. The van der Waals surface area contributed by atoms with E-state index in [1.807, 2.05) is 6.92 Å². The van der Waals surface area contributed by atoms with Crippen LogP contribution in [0.3, 0.4) is 0 Å². The molecule has 0 spiro atoms. The molecule has 1 aliphatic rings. The Kier molecular flexibility index (Phi) is 7.30. The number of piperidine rings is 1. The number of sulfone groups is 1. The van der Waals surface area contributed by atoms with Crippen molar-refractivity contribution < 1.29 is 26.0 Å². The SMILES string of the molecule is CC1CCCCN1S(=O)(=O)c1ccc(C(=O)Nc2nnc(-c3ccc(S(=O)(=O)C(C)C)cc3)o2)cc1. The highest BCUT2D eigenvalue weighted by Gasteiger charge is 2.31. The van der Waals surface area contributed by atoms with E-state index in [9.17, 15) is 21.6 Å². The summed E-state index contributed by atoms with van der Waals surface area (Å²) in [6.07, 6.45) is 2.67. The Labute approximate surface area is 210 Å². The van der Waals surface area contributed by atoms with Crippen LogP contribution in [0.25, 0.3) is 11.5 Å². The van der Waals surface area contributed by atoms with Gasteiger partial charge in [-0.3, -0.25) is 10.1 Å². The van der Waals surface area contributed by atoms with Crippen molar-refractivity contribution in [2.45, 2.75) is 61.1 Å². The van der Waals surface area contributed by atoms with Crippen LogP contribution in [0.5, 0.6) is 0 Å². The average Bonchev–Trinajstić information content (AvgIpc) is 3.32. The molecule has 1 fully saturated rings. The number of nitrogens with one attached hydrogen (secondary N) is 1. The lowest BCUT2D eigenvalue weighted by molar-refractivity contribution is 0.102. The second kappa shape index (κ2) is 10.1. The smallest absolute Gasteiger partial charge is 0.322 e. The molecule has 192 valence electrons. The maximum atomic E-state index is 13.0. The van der Waals surface area contributed by atoms with Gasteiger partial charge in [0.05, 0.1) is 15.0 Å². The highest BCUT2D eigenvalue weighted by Crippen LogP contribution is 2.26. The highest BCUT2D eigenvalue weighted by atomic mass is 32.2. The number of nitrogens with zero attached hydrogens (tertiary/aromatic N) is 3. The first kappa shape index (κ1) is 26.0. The molecule has 1 amide bonds. The summed E-state index contributed by atoms with van der Waals surface area (Å²) < 4.78 is 57.5. The van der Waals surface area contributed by atoms with Gasteiger partial charge in [0.2, 0.25) is 15.9 Å². The number of anilines is 1. The number of amides is 1. The van der Waals surface area contributed by atoms with E-state index in [4.69, 9.17) is 4.42 Å². The van der Waals surface area contributed by atoms with Gasteiger partial charge in [-0.1, -0.05) is 11.5 Å². The molecule has 1 saturated heterocycles. The molecule has 12 heteroatoms. The fourth-order valence-corrected chi connectivity index (χ4v) is 6.72. The minimum atomic E-state index is -3.63. The molecule has 10 nitrogen and oxygen atoms in total. The number of hydrogen-bond donors (Lipinski definition) is 1. The Balaban J connectivity index is 1.44. The lowest BCUT2D eigenvalue weighted by atomic mass is 10.1. The van der Waals surface area contributed by atoms with E-state index in [-0.39, 0.29) is 33.3 Å². The molecule has 1 unspecified atom stereocenters. The monoisotopic (exact) mass is 532 g/mol. The Morgan fingerprint density at radius 2 is 1.61 bits per heavy atom. The summed E-state index contributed by atoms with van der Waals surface area (Å²) in [5.41, 5.74) is 0.718. The standard InChI is InChI=1S/C24H28N4O6S2/c1-16(2)35(30,31)20-11-9-19(10-12-20)23-26-27-24(34-23)25-22(29)18-7-13-21(14-8-18)36(32,33)28-15-5-4-6-17(28)3/h7-14,16-17H,4-6,15H2,1-3H3,(H,25,27,29). The molecular formula is C24H28N4O6S2. The van der Waals surface area contributed by atoms with Crippen LogP contribution in [0.15, 0.2) is 62.7 Å². The maximum Gasteiger partial charge on any atom is 0.322 e. The summed E-state index contributed by atoms with van der Waals surface area (Å²) in [7, 11) is -7.04. The predicted octanol–water partition coefficient (Wildman–Crippen LogP) is 3.73. The summed E-state index contributed by atoms with van der Waals surface area (Å²) in [5.74, 6) is -0.435. The van der Waals surface area contributed by atoms with Crippen LogP contribution in [0.1, 0.15) is 50.4 Å². The fourth-order valence-electron chi connectivity index (χ4n) is 3.96. The molecule has 0 saturated carbocycles. The number of carbonyl (C=O) groups excluding carboxylic acids is 1. The molecule has 1 aromatic heterocycles. The van der Waals surface area contributed by atoms with Crippen LogP contribution in [-0.4, -0.2) is 55.1 Å². The number of rotatable bonds is 7. The minimum Gasteiger partial charge on any atom is -0.403 e. The van der Waals surface area contributed by atoms with Crippen molar-refractivity contribution in [1.29, 1.82) is 0 Å². The Morgan fingerprint density at radius 1 is 0.972 bits per heavy atom. The molecule has 36 heavy (non-hydrogen) atoms. The maximum absolute atomic E-state index is 13.0. The molecule has 2 aromatic carbocycles. The lowest BCUT2D eigenvalue weighted by Gasteiger charge is -2.32. The van der Waals surface area contributed by atoms with Gasteiger partial charge in [0.25, 0.3) is 5.91 Å². The molecule has 3 aromatic rings. The summed E-state index contributed by atoms with van der Waals surface area (Å²) in [6.45, 7) is 5.61. The first-order valence-corrected chi connectivity index (χ1v) is 14.6. The Hall–Kier alpha value is -3.09. The average molecular weight is 533 g/mol. The van der Waals surface area contributed by atoms with E-state index in [0.29, 0.717) is 12.1 Å². The van der Waals surface area contributed by atoms with Crippen molar-refractivity contribution >= 4 is 31.8 Å². The number of aromatic nitrogens is 2. The minimum absolute atomic E-state index is 0.0609. The Morgan fingerprint density at radius 3 is 2.22 bits per heavy atom. The summed E-state index contributed by atoms with van der Waals surface area (Å²) in [4.78, 5) is 13.0. The quantitative estimate of drug-likeness (QED) is 0.485. The lowest BCUT2D eigenvalue weighted by Crippen LogP contribution is -2.41. The van der Waals surface area contributed by atoms with Gasteiger partial charge in [0.1, 0.15) is 0 Å². The van der Waals surface area contributed by atoms with E-state index < -0.39 is 31.0 Å². The molecule has 0 aliphatic carbocycles. The van der Waals surface area contributed by atoms with Crippen molar-refractivity contribution in [3.8, 4) is 11.5 Å². The van der Waals surface area contributed by atoms with Crippen LogP contribution < -0.4 is 5.32 Å². The van der Waals surface area contributed by atoms with Crippen molar-refractivity contribution in [2.24, 2.45) is 0 Å². The van der Waals surface area contributed by atoms with Crippen LogP contribution in [0, 0.1) is 0 Å². The van der Waals surface area contributed by atoms with Gasteiger partial charge in [-0.05, 0) is 82.1 Å². The fraction of sp³-hybridized carbons (Fsp3) is 0.375.